The molecule has 2 aromatic rings. The van der Waals surface area contributed by atoms with Gasteiger partial charge in [0.1, 0.15) is 6.10 Å². The number of rotatable bonds is 4. The number of hydrogen-bond acceptors (Lipinski definition) is 3. The molecule has 1 fully saturated rings. The first-order valence-corrected chi connectivity index (χ1v) is 7.75. The smallest absolute Gasteiger partial charge is 0.196 e. The van der Waals surface area contributed by atoms with Gasteiger partial charge in [0.15, 0.2) is 5.78 Å². The summed E-state index contributed by atoms with van der Waals surface area (Å²) in [5.74, 6) is -0.268. The molecule has 1 aliphatic heterocycles. The average Bonchev–Trinajstić information content (AvgIpc) is 2.62. The third-order valence-electron chi connectivity index (χ3n) is 4.12. The van der Waals surface area contributed by atoms with Crippen molar-refractivity contribution in [1.29, 1.82) is 0 Å². The Labute approximate surface area is 130 Å². The highest BCUT2D eigenvalue weighted by atomic mass is 16.5. The fourth-order valence-corrected chi connectivity index (χ4v) is 2.92. The largest absolute Gasteiger partial charge is 0.380 e. The lowest BCUT2D eigenvalue weighted by Gasteiger charge is -2.25. The summed E-state index contributed by atoms with van der Waals surface area (Å²) in [6.45, 7) is 0.731. The molecule has 2 atom stereocenters. The fourth-order valence-electron chi connectivity index (χ4n) is 2.92. The zero-order valence-electron chi connectivity index (χ0n) is 12.4. The summed E-state index contributed by atoms with van der Waals surface area (Å²) in [7, 11) is 0. The van der Waals surface area contributed by atoms with Crippen LogP contribution in [0.1, 0.15) is 53.0 Å². The SMILES string of the molecule is O=C(c1ccccc1C1CCCCO1)C(O)c1ccccc1. The summed E-state index contributed by atoms with van der Waals surface area (Å²) in [6.07, 6.45) is 1.92. The summed E-state index contributed by atoms with van der Waals surface area (Å²) < 4.78 is 5.81. The molecule has 0 aromatic heterocycles. The van der Waals surface area contributed by atoms with Crippen LogP contribution in [-0.4, -0.2) is 17.5 Å². The van der Waals surface area contributed by atoms with Gasteiger partial charge in [-0.05, 0) is 30.4 Å². The maximum Gasteiger partial charge on any atom is 0.196 e. The molecule has 3 rings (SSSR count). The second kappa shape index (κ2) is 6.86. The van der Waals surface area contributed by atoms with Gasteiger partial charge in [-0.25, -0.2) is 0 Å². The highest BCUT2D eigenvalue weighted by Gasteiger charge is 2.26. The van der Waals surface area contributed by atoms with Gasteiger partial charge in [-0.2, -0.15) is 0 Å². The van der Waals surface area contributed by atoms with Gasteiger partial charge in [-0.1, -0.05) is 54.6 Å². The number of aliphatic hydroxyl groups excluding tert-OH is 1. The first-order valence-electron chi connectivity index (χ1n) is 7.75. The minimum absolute atomic E-state index is 0.0446. The predicted molar refractivity (Wildman–Crippen MR) is 84.7 cm³/mol. The number of carbonyl (C=O) groups is 1. The van der Waals surface area contributed by atoms with Crippen LogP contribution in [0.4, 0.5) is 0 Å². The molecule has 22 heavy (non-hydrogen) atoms. The van der Waals surface area contributed by atoms with Crippen molar-refractivity contribution < 1.29 is 14.6 Å². The van der Waals surface area contributed by atoms with E-state index in [9.17, 15) is 9.90 Å². The van der Waals surface area contributed by atoms with Gasteiger partial charge in [-0.3, -0.25) is 4.79 Å². The molecule has 0 spiro atoms. The predicted octanol–water partition coefficient (Wildman–Crippen LogP) is 3.84. The van der Waals surface area contributed by atoms with Gasteiger partial charge in [0, 0.05) is 12.2 Å². The van der Waals surface area contributed by atoms with Crippen molar-refractivity contribution in [3.05, 3.63) is 71.3 Å². The molecular formula is C19H20O3. The van der Waals surface area contributed by atoms with Crippen molar-refractivity contribution in [3.8, 4) is 0 Å². The Morgan fingerprint density at radius 3 is 2.50 bits per heavy atom. The summed E-state index contributed by atoms with van der Waals surface area (Å²) in [5.41, 5.74) is 2.07. The Hall–Kier alpha value is -1.97. The first-order chi connectivity index (χ1) is 10.8. The van der Waals surface area contributed by atoms with Crippen molar-refractivity contribution in [2.75, 3.05) is 6.61 Å². The molecule has 3 nitrogen and oxygen atoms in total. The zero-order valence-corrected chi connectivity index (χ0v) is 12.4. The molecule has 0 aliphatic carbocycles. The average molecular weight is 296 g/mol. The highest BCUT2D eigenvalue weighted by molar-refractivity contribution is 6.01. The van der Waals surface area contributed by atoms with Gasteiger partial charge in [-0.15, -0.1) is 0 Å². The van der Waals surface area contributed by atoms with Gasteiger partial charge in [0.2, 0.25) is 0 Å². The number of carbonyl (C=O) groups excluding carboxylic acids is 1. The lowest BCUT2D eigenvalue weighted by atomic mass is 9.91. The van der Waals surface area contributed by atoms with Gasteiger partial charge >= 0.3 is 0 Å². The van der Waals surface area contributed by atoms with E-state index >= 15 is 0 Å². The number of hydrogen-bond donors (Lipinski definition) is 1. The summed E-state index contributed by atoms with van der Waals surface area (Å²) in [6, 6.07) is 16.5. The molecule has 3 heteroatoms. The normalized spacial score (nSPS) is 19.6. The van der Waals surface area contributed by atoms with Gasteiger partial charge in [0.05, 0.1) is 6.10 Å². The van der Waals surface area contributed by atoms with Crippen molar-refractivity contribution in [2.45, 2.75) is 31.5 Å². The van der Waals surface area contributed by atoms with Crippen molar-refractivity contribution in [3.63, 3.8) is 0 Å². The Morgan fingerprint density at radius 2 is 1.77 bits per heavy atom. The van der Waals surface area contributed by atoms with Gasteiger partial charge in [0.25, 0.3) is 0 Å². The molecule has 2 aromatic carbocycles. The van der Waals surface area contributed by atoms with E-state index in [-0.39, 0.29) is 11.9 Å². The molecule has 2 unspecified atom stereocenters. The van der Waals surface area contributed by atoms with E-state index < -0.39 is 6.10 Å². The lowest BCUT2D eigenvalue weighted by molar-refractivity contribution is 0.0141. The van der Waals surface area contributed by atoms with Gasteiger partial charge < -0.3 is 9.84 Å². The van der Waals surface area contributed by atoms with Crippen molar-refractivity contribution >= 4 is 5.78 Å². The van der Waals surface area contributed by atoms with Crippen molar-refractivity contribution in [1.82, 2.24) is 0 Å². The third-order valence-corrected chi connectivity index (χ3v) is 4.12. The van der Waals surface area contributed by atoms with Crippen LogP contribution in [0.3, 0.4) is 0 Å². The first kappa shape index (κ1) is 14.9. The Morgan fingerprint density at radius 1 is 1.05 bits per heavy atom. The van der Waals surface area contributed by atoms with E-state index in [1.807, 2.05) is 36.4 Å². The molecule has 1 N–H and O–H groups in total. The standard InChI is InChI=1S/C19H20O3/c20-18(14-8-2-1-3-9-14)19(21)16-11-5-4-10-15(16)17-12-6-7-13-22-17/h1-5,8-11,17-18,20H,6-7,12-13H2. The topological polar surface area (TPSA) is 46.5 Å². The zero-order chi connectivity index (χ0) is 15.4. The van der Waals surface area contributed by atoms with Crippen LogP contribution < -0.4 is 0 Å². The quantitative estimate of drug-likeness (QED) is 0.872. The van der Waals surface area contributed by atoms with Crippen LogP contribution >= 0.6 is 0 Å². The summed E-state index contributed by atoms with van der Waals surface area (Å²) in [5, 5.41) is 10.4. The second-order valence-corrected chi connectivity index (χ2v) is 5.62. The molecule has 1 saturated heterocycles. The van der Waals surface area contributed by atoms with E-state index in [4.69, 9.17) is 4.74 Å². The number of Topliss-reactive ketones (excluding diaryl/α,β-unsaturated/α-hetero) is 1. The molecule has 1 aliphatic rings. The number of ketones is 1. The summed E-state index contributed by atoms with van der Waals surface area (Å²) in [4.78, 5) is 12.7. The lowest BCUT2D eigenvalue weighted by Crippen LogP contribution is -2.18. The number of ether oxygens (including phenoxy) is 1. The van der Waals surface area contributed by atoms with Crippen LogP contribution in [0.2, 0.25) is 0 Å². The molecular weight excluding hydrogens is 276 g/mol. The van der Waals surface area contributed by atoms with Crippen LogP contribution in [0, 0.1) is 0 Å². The third kappa shape index (κ3) is 3.11. The Bertz CT molecular complexity index is 630. The monoisotopic (exact) mass is 296 g/mol. The number of benzene rings is 2. The number of aliphatic hydroxyl groups is 1. The molecule has 0 saturated carbocycles. The minimum atomic E-state index is -1.13. The molecule has 0 amide bonds. The molecule has 1 heterocycles. The van der Waals surface area contributed by atoms with E-state index in [0.29, 0.717) is 11.1 Å². The Balaban J connectivity index is 1.89. The van der Waals surface area contributed by atoms with E-state index in [2.05, 4.69) is 0 Å². The van der Waals surface area contributed by atoms with Crippen LogP contribution in [0.15, 0.2) is 54.6 Å². The molecule has 0 radical (unpaired) electrons. The van der Waals surface area contributed by atoms with E-state index in [1.54, 1.807) is 18.2 Å². The van der Waals surface area contributed by atoms with Crippen LogP contribution in [0.5, 0.6) is 0 Å². The maximum atomic E-state index is 12.7. The maximum absolute atomic E-state index is 12.7. The highest BCUT2D eigenvalue weighted by Crippen LogP contribution is 2.32. The van der Waals surface area contributed by atoms with E-state index in [0.717, 1.165) is 31.4 Å². The Kier molecular flexibility index (Phi) is 4.66. The second-order valence-electron chi connectivity index (χ2n) is 5.62. The minimum Gasteiger partial charge on any atom is -0.380 e. The van der Waals surface area contributed by atoms with Crippen molar-refractivity contribution in [2.24, 2.45) is 0 Å². The van der Waals surface area contributed by atoms with Crippen LogP contribution in [-0.2, 0) is 4.74 Å². The van der Waals surface area contributed by atoms with Crippen LogP contribution in [0.25, 0.3) is 0 Å². The van der Waals surface area contributed by atoms with E-state index in [1.165, 1.54) is 0 Å². The fraction of sp³-hybridized carbons (Fsp3) is 0.316. The molecule has 114 valence electrons. The summed E-state index contributed by atoms with van der Waals surface area (Å²) >= 11 is 0. The molecule has 0 bridgehead atoms.